The van der Waals surface area contributed by atoms with Crippen molar-refractivity contribution in [2.75, 3.05) is 20.8 Å². The van der Waals surface area contributed by atoms with E-state index < -0.39 is 0 Å². The molecule has 18 heavy (non-hydrogen) atoms. The summed E-state index contributed by atoms with van der Waals surface area (Å²) < 4.78 is 10.9. The molecule has 1 rings (SSSR count). The van der Waals surface area contributed by atoms with Crippen LogP contribution in [0.2, 0.25) is 5.02 Å². The Balaban J connectivity index is 3.42. The van der Waals surface area contributed by atoms with Gasteiger partial charge in [0.25, 0.3) is 0 Å². The Morgan fingerprint density at radius 3 is 2.44 bits per heavy atom. The highest BCUT2D eigenvalue weighted by Gasteiger charge is 2.21. The molecule has 4 heteroatoms. The molecule has 0 amide bonds. The predicted octanol–water partition coefficient (Wildman–Crippen LogP) is 3.37. The summed E-state index contributed by atoms with van der Waals surface area (Å²) >= 11 is 6.48. The number of rotatable bonds is 6. The number of hydrogen-bond donors (Lipinski definition) is 1. The van der Waals surface area contributed by atoms with E-state index in [-0.39, 0.29) is 5.92 Å². The largest absolute Gasteiger partial charge is 0.493 e. The first-order valence-corrected chi connectivity index (χ1v) is 6.61. The molecule has 0 bridgehead atoms. The van der Waals surface area contributed by atoms with Crippen molar-refractivity contribution >= 4 is 11.6 Å². The van der Waals surface area contributed by atoms with Gasteiger partial charge in [-0.1, -0.05) is 25.4 Å². The third-order valence-electron chi connectivity index (χ3n) is 3.19. The zero-order valence-electron chi connectivity index (χ0n) is 11.5. The van der Waals surface area contributed by atoms with E-state index in [1.54, 1.807) is 14.2 Å². The maximum absolute atomic E-state index is 6.48. The van der Waals surface area contributed by atoms with Crippen molar-refractivity contribution < 1.29 is 9.47 Å². The van der Waals surface area contributed by atoms with E-state index in [9.17, 15) is 0 Å². The van der Waals surface area contributed by atoms with Gasteiger partial charge in [0, 0.05) is 5.56 Å². The van der Waals surface area contributed by atoms with Crippen molar-refractivity contribution in [3.63, 3.8) is 0 Å². The topological polar surface area (TPSA) is 44.5 Å². The van der Waals surface area contributed by atoms with Crippen molar-refractivity contribution in [3.8, 4) is 11.5 Å². The zero-order valence-corrected chi connectivity index (χ0v) is 12.3. The van der Waals surface area contributed by atoms with Gasteiger partial charge in [0.15, 0.2) is 11.5 Å². The monoisotopic (exact) mass is 271 g/mol. The lowest BCUT2D eigenvalue weighted by atomic mass is 9.93. The molecule has 1 aromatic carbocycles. The molecule has 0 aliphatic rings. The highest BCUT2D eigenvalue weighted by atomic mass is 35.5. The molecule has 0 spiro atoms. The fourth-order valence-corrected chi connectivity index (χ4v) is 2.61. The van der Waals surface area contributed by atoms with Gasteiger partial charge in [-0.3, -0.25) is 0 Å². The SMILES string of the molecule is CCc1cc(OC)c(OC)c(C(C)CCN)c1Cl. The normalized spacial score (nSPS) is 12.3. The van der Waals surface area contributed by atoms with Crippen LogP contribution in [0.1, 0.15) is 37.3 Å². The van der Waals surface area contributed by atoms with E-state index in [2.05, 4.69) is 13.8 Å². The van der Waals surface area contributed by atoms with Crippen LogP contribution in [0, 0.1) is 0 Å². The summed E-state index contributed by atoms with van der Waals surface area (Å²) in [6.45, 7) is 4.80. The summed E-state index contributed by atoms with van der Waals surface area (Å²) in [6, 6.07) is 1.94. The molecule has 0 radical (unpaired) electrons. The number of ether oxygens (including phenoxy) is 2. The molecule has 3 nitrogen and oxygen atoms in total. The van der Waals surface area contributed by atoms with Gasteiger partial charge < -0.3 is 15.2 Å². The number of methoxy groups -OCH3 is 2. The minimum Gasteiger partial charge on any atom is -0.493 e. The summed E-state index contributed by atoms with van der Waals surface area (Å²) in [5, 5.41) is 0.774. The first-order valence-electron chi connectivity index (χ1n) is 6.23. The van der Waals surface area contributed by atoms with Crippen molar-refractivity contribution in [1.82, 2.24) is 0 Å². The van der Waals surface area contributed by atoms with Gasteiger partial charge in [-0.15, -0.1) is 0 Å². The quantitative estimate of drug-likeness (QED) is 0.863. The molecule has 0 saturated heterocycles. The van der Waals surface area contributed by atoms with E-state index in [1.165, 1.54) is 0 Å². The van der Waals surface area contributed by atoms with Crippen LogP contribution in [0.5, 0.6) is 11.5 Å². The minimum atomic E-state index is 0.248. The first-order chi connectivity index (χ1) is 8.60. The molecule has 0 fully saturated rings. The molecular formula is C14H22ClNO2. The van der Waals surface area contributed by atoms with Crippen LogP contribution in [-0.4, -0.2) is 20.8 Å². The van der Waals surface area contributed by atoms with Gasteiger partial charge in [0.2, 0.25) is 0 Å². The summed E-state index contributed by atoms with van der Waals surface area (Å²) in [4.78, 5) is 0. The molecule has 2 N–H and O–H groups in total. The van der Waals surface area contributed by atoms with Gasteiger partial charge in [-0.05, 0) is 36.9 Å². The number of aryl methyl sites for hydroxylation is 1. The Morgan fingerprint density at radius 1 is 1.33 bits per heavy atom. The second-order valence-electron chi connectivity index (χ2n) is 4.33. The average Bonchev–Trinajstić information content (AvgIpc) is 2.38. The average molecular weight is 272 g/mol. The molecule has 0 heterocycles. The van der Waals surface area contributed by atoms with Crippen molar-refractivity contribution in [1.29, 1.82) is 0 Å². The van der Waals surface area contributed by atoms with Gasteiger partial charge in [-0.2, -0.15) is 0 Å². The number of nitrogens with two attached hydrogens (primary N) is 1. The Labute approximate surface area is 114 Å². The lowest BCUT2D eigenvalue weighted by Crippen LogP contribution is -2.08. The second kappa shape index (κ2) is 6.86. The Morgan fingerprint density at radius 2 is 2.00 bits per heavy atom. The highest BCUT2D eigenvalue weighted by molar-refractivity contribution is 6.32. The van der Waals surface area contributed by atoms with Crippen LogP contribution in [0.3, 0.4) is 0 Å². The fourth-order valence-electron chi connectivity index (χ4n) is 2.15. The van der Waals surface area contributed by atoms with Crippen LogP contribution < -0.4 is 15.2 Å². The molecule has 1 atom stereocenters. The van der Waals surface area contributed by atoms with E-state index in [1.807, 2.05) is 6.07 Å². The molecule has 0 aromatic heterocycles. The number of hydrogen-bond acceptors (Lipinski definition) is 3. The number of halogens is 1. The van der Waals surface area contributed by atoms with Crippen molar-refractivity contribution in [2.24, 2.45) is 5.73 Å². The second-order valence-corrected chi connectivity index (χ2v) is 4.71. The van der Waals surface area contributed by atoms with Gasteiger partial charge in [0.05, 0.1) is 19.2 Å². The maximum atomic E-state index is 6.48. The highest BCUT2D eigenvalue weighted by Crippen LogP contribution is 2.43. The molecular weight excluding hydrogens is 250 g/mol. The fraction of sp³-hybridized carbons (Fsp3) is 0.571. The van der Waals surface area contributed by atoms with E-state index in [0.717, 1.165) is 40.5 Å². The Bertz CT molecular complexity index is 407. The maximum Gasteiger partial charge on any atom is 0.165 e. The Hall–Kier alpha value is -0.930. The third-order valence-corrected chi connectivity index (χ3v) is 3.64. The molecule has 102 valence electrons. The summed E-state index contributed by atoms with van der Waals surface area (Å²) in [7, 11) is 3.28. The summed E-state index contributed by atoms with van der Waals surface area (Å²) in [5.41, 5.74) is 7.71. The van der Waals surface area contributed by atoms with Crippen LogP contribution in [-0.2, 0) is 6.42 Å². The zero-order chi connectivity index (χ0) is 13.7. The van der Waals surface area contributed by atoms with Crippen LogP contribution in [0.25, 0.3) is 0 Å². The van der Waals surface area contributed by atoms with Crippen LogP contribution >= 0.6 is 11.6 Å². The molecule has 1 aromatic rings. The van der Waals surface area contributed by atoms with E-state index in [4.69, 9.17) is 26.8 Å². The predicted molar refractivity (Wildman–Crippen MR) is 76.0 cm³/mol. The lowest BCUT2D eigenvalue weighted by molar-refractivity contribution is 0.349. The third kappa shape index (κ3) is 2.90. The molecule has 0 aliphatic heterocycles. The summed E-state index contributed by atoms with van der Waals surface area (Å²) in [6.07, 6.45) is 1.73. The van der Waals surface area contributed by atoms with E-state index >= 15 is 0 Å². The van der Waals surface area contributed by atoms with Gasteiger partial charge in [-0.25, -0.2) is 0 Å². The number of benzene rings is 1. The standard InChI is InChI=1S/C14H22ClNO2/c1-5-10-8-11(17-3)14(18-4)12(13(10)15)9(2)6-7-16/h8-9H,5-7,16H2,1-4H3. The molecule has 1 unspecified atom stereocenters. The summed E-state index contributed by atoms with van der Waals surface area (Å²) in [5.74, 6) is 1.70. The molecule has 0 aliphatic carbocycles. The smallest absolute Gasteiger partial charge is 0.165 e. The van der Waals surface area contributed by atoms with Gasteiger partial charge >= 0.3 is 0 Å². The van der Waals surface area contributed by atoms with Gasteiger partial charge in [0.1, 0.15) is 0 Å². The first kappa shape index (κ1) is 15.1. The van der Waals surface area contributed by atoms with Crippen molar-refractivity contribution in [3.05, 3.63) is 22.2 Å². The van der Waals surface area contributed by atoms with Crippen molar-refractivity contribution in [2.45, 2.75) is 32.6 Å². The minimum absolute atomic E-state index is 0.248. The van der Waals surface area contributed by atoms with Crippen LogP contribution in [0.4, 0.5) is 0 Å². The van der Waals surface area contributed by atoms with E-state index in [0.29, 0.717) is 6.54 Å². The van der Waals surface area contributed by atoms with Crippen LogP contribution in [0.15, 0.2) is 6.07 Å². The lowest BCUT2D eigenvalue weighted by Gasteiger charge is -2.21. The molecule has 0 saturated carbocycles. The Kier molecular flexibility index (Phi) is 5.76.